The summed E-state index contributed by atoms with van der Waals surface area (Å²) in [5.41, 5.74) is 3.90. The SMILES string of the molecule is COc1sc(NC(=O)CN2CN(C3(C)C(=O)C(C)C=c4c3ccc3c4=CC(=O)c4ccccc4-3)c3ncncc32)nc1-c1ccc(Cl)c(Cl)c1. The molecule has 2 atom stereocenters. The molecule has 250 valence electrons. The van der Waals surface area contributed by atoms with Crippen molar-refractivity contribution in [2.75, 3.05) is 35.4 Å². The third-order valence-corrected chi connectivity index (χ3v) is 11.2. The van der Waals surface area contributed by atoms with Crippen molar-refractivity contribution in [3.05, 3.63) is 98.7 Å². The number of fused-ring (bicyclic) bond motifs is 6. The van der Waals surface area contributed by atoms with Crippen molar-refractivity contribution in [2.24, 2.45) is 5.92 Å². The van der Waals surface area contributed by atoms with Crippen LogP contribution in [-0.2, 0) is 15.1 Å². The summed E-state index contributed by atoms with van der Waals surface area (Å²) in [4.78, 5) is 58.3. The van der Waals surface area contributed by atoms with E-state index < -0.39 is 11.5 Å². The smallest absolute Gasteiger partial charge is 0.245 e. The van der Waals surface area contributed by atoms with E-state index in [1.54, 1.807) is 30.5 Å². The number of thiazole rings is 1. The Morgan fingerprint density at radius 1 is 1.06 bits per heavy atom. The van der Waals surface area contributed by atoms with Gasteiger partial charge in [0, 0.05) is 17.0 Å². The first-order chi connectivity index (χ1) is 24.1. The van der Waals surface area contributed by atoms with Gasteiger partial charge in [0.15, 0.2) is 22.5 Å². The normalized spacial score (nSPS) is 18.8. The van der Waals surface area contributed by atoms with Gasteiger partial charge in [-0.15, -0.1) is 0 Å². The molecule has 0 saturated carbocycles. The number of Topliss-reactive ketones (excluding diaryl/α,β-unsaturated/α-hetero) is 2. The third-order valence-electron chi connectivity index (χ3n) is 9.56. The third kappa shape index (κ3) is 4.99. The van der Waals surface area contributed by atoms with E-state index in [1.807, 2.05) is 66.1 Å². The molecule has 0 fully saturated rings. The number of nitrogens with zero attached hydrogens (tertiary/aromatic N) is 5. The van der Waals surface area contributed by atoms with Gasteiger partial charge in [-0.1, -0.05) is 90.0 Å². The van der Waals surface area contributed by atoms with Gasteiger partial charge in [0.1, 0.15) is 23.2 Å². The Morgan fingerprint density at radius 2 is 1.86 bits per heavy atom. The molecule has 0 spiro atoms. The van der Waals surface area contributed by atoms with E-state index in [-0.39, 0.29) is 30.7 Å². The number of nitrogens with one attached hydrogen (secondary N) is 1. The van der Waals surface area contributed by atoms with Gasteiger partial charge in [-0.25, -0.2) is 15.0 Å². The molecule has 8 rings (SSSR count). The highest BCUT2D eigenvalue weighted by Gasteiger charge is 2.50. The van der Waals surface area contributed by atoms with Crippen molar-refractivity contribution in [1.82, 2.24) is 15.0 Å². The number of aromatic nitrogens is 3. The van der Waals surface area contributed by atoms with Crippen molar-refractivity contribution >= 4 is 80.8 Å². The van der Waals surface area contributed by atoms with Crippen molar-refractivity contribution in [1.29, 1.82) is 0 Å². The summed E-state index contributed by atoms with van der Waals surface area (Å²) in [6.45, 7) is 3.89. The van der Waals surface area contributed by atoms with Crippen LogP contribution in [0.1, 0.15) is 29.8 Å². The van der Waals surface area contributed by atoms with Crippen molar-refractivity contribution in [3.63, 3.8) is 0 Å². The number of anilines is 3. The largest absolute Gasteiger partial charge is 0.486 e. The lowest BCUT2D eigenvalue weighted by Gasteiger charge is -2.42. The van der Waals surface area contributed by atoms with Crippen molar-refractivity contribution in [3.8, 4) is 27.4 Å². The Hall–Kier alpha value is -5.10. The van der Waals surface area contributed by atoms with E-state index in [0.717, 1.165) is 27.1 Å². The quantitative estimate of drug-likeness (QED) is 0.236. The fourth-order valence-corrected chi connectivity index (χ4v) is 8.28. The zero-order chi connectivity index (χ0) is 34.9. The second-order valence-corrected chi connectivity index (χ2v) is 14.2. The van der Waals surface area contributed by atoms with E-state index in [1.165, 1.54) is 24.8 Å². The minimum absolute atomic E-state index is 0.0203. The molecule has 5 aromatic rings. The topological polar surface area (TPSA) is 118 Å². The van der Waals surface area contributed by atoms with Gasteiger partial charge < -0.3 is 19.9 Å². The molecule has 50 heavy (non-hydrogen) atoms. The Bertz CT molecular complexity index is 2420. The summed E-state index contributed by atoms with van der Waals surface area (Å²) in [6.07, 6.45) is 6.71. The molecule has 2 unspecified atom stereocenters. The Kier molecular flexibility index (Phi) is 7.74. The molecule has 1 N–H and O–H groups in total. The number of ether oxygens (including phenoxy) is 1. The summed E-state index contributed by atoms with van der Waals surface area (Å²) in [5, 5.41) is 6.18. The van der Waals surface area contributed by atoms with Gasteiger partial charge >= 0.3 is 0 Å². The fourth-order valence-electron chi connectivity index (χ4n) is 7.16. The lowest BCUT2D eigenvalue weighted by molar-refractivity contribution is -0.126. The number of halogens is 2. The number of carbonyl (C=O) groups excluding carboxylic acids is 3. The molecule has 0 bridgehead atoms. The standard InChI is InChI=1S/C37H28Cl2N6O4S/c1-19-12-25-24-14-30(46)23-7-5-4-6-21(23)22(24)9-10-26(25)37(2,33(19)48)45-18-44(29-15-40-17-41-34(29)45)16-31(47)42-36-43-32(35(49-3)50-36)20-8-11-27(38)28(39)13-20/h4-15,17,19H,16,18H2,1-3H3,(H,42,43,47). The molecular formula is C37H28Cl2N6O4S. The van der Waals surface area contributed by atoms with Crippen LogP contribution in [0.25, 0.3) is 34.5 Å². The molecular weight excluding hydrogens is 695 g/mol. The summed E-state index contributed by atoms with van der Waals surface area (Å²) < 4.78 is 5.55. The molecule has 2 aromatic heterocycles. The average molecular weight is 724 g/mol. The molecule has 3 heterocycles. The van der Waals surface area contributed by atoms with Crippen molar-refractivity contribution in [2.45, 2.75) is 19.4 Å². The van der Waals surface area contributed by atoms with E-state index in [0.29, 0.717) is 48.6 Å². The van der Waals surface area contributed by atoms with Crippen LogP contribution >= 0.6 is 34.5 Å². The number of benzene rings is 3. The highest BCUT2D eigenvalue weighted by atomic mass is 35.5. The number of amides is 1. The number of rotatable bonds is 6. The van der Waals surface area contributed by atoms with Crippen LogP contribution < -0.4 is 30.3 Å². The lowest BCUT2D eigenvalue weighted by atomic mass is 9.73. The van der Waals surface area contributed by atoms with Crippen molar-refractivity contribution < 1.29 is 19.1 Å². The number of ketones is 2. The maximum absolute atomic E-state index is 14.3. The minimum atomic E-state index is -1.17. The van der Waals surface area contributed by atoms with E-state index in [2.05, 4.69) is 20.3 Å². The first-order valence-electron chi connectivity index (χ1n) is 15.8. The maximum Gasteiger partial charge on any atom is 0.245 e. The molecule has 1 amide bonds. The zero-order valence-electron chi connectivity index (χ0n) is 27.0. The molecule has 3 aromatic carbocycles. The predicted octanol–water partition coefficient (Wildman–Crippen LogP) is 5.70. The maximum atomic E-state index is 14.3. The molecule has 1 aliphatic heterocycles. The first-order valence-corrected chi connectivity index (χ1v) is 17.3. The van der Waals surface area contributed by atoms with Crippen LogP contribution in [0.3, 0.4) is 0 Å². The molecule has 3 aliphatic rings. The predicted molar refractivity (Wildman–Crippen MR) is 195 cm³/mol. The Morgan fingerprint density at radius 3 is 2.64 bits per heavy atom. The van der Waals surface area contributed by atoms with Gasteiger partial charge in [0.05, 0.1) is 36.6 Å². The molecule has 0 radical (unpaired) electrons. The van der Waals surface area contributed by atoms with Crippen LogP contribution in [0.15, 0.2) is 67.1 Å². The minimum Gasteiger partial charge on any atom is -0.486 e. The molecule has 2 aliphatic carbocycles. The van der Waals surface area contributed by atoms with Gasteiger partial charge in [0.25, 0.3) is 0 Å². The fraction of sp³-hybridized carbons (Fsp3) is 0.189. The molecule has 13 heteroatoms. The highest BCUT2D eigenvalue weighted by molar-refractivity contribution is 7.18. The molecule has 10 nitrogen and oxygen atoms in total. The molecule has 0 saturated heterocycles. The number of hydrogen-bond acceptors (Lipinski definition) is 10. The van der Waals surface area contributed by atoms with Gasteiger partial charge in [-0.3, -0.25) is 14.4 Å². The first kappa shape index (κ1) is 32.1. The number of carbonyl (C=O) groups is 3. The zero-order valence-corrected chi connectivity index (χ0v) is 29.4. The van der Waals surface area contributed by atoms with Crippen LogP contribution in [0.2, 0.25) is 10.0 Å². The monoisotopic (exact) mass is 722 g/mol. The summed E-state index contributed by atoms with van der Waals surface area (Å²) in [6, 6.07) is 16.7. The summed E-state index contributed by atoms with van der Waals surface area (Å²) in [5.74, 6) is -0.342. The van der Waals surface area contributed by atoms with Crippen LogP contribution in [0.4, 0.5) is 16.6 Å². The Labute approximate surface area is 300 Å². The number of hydrogen-bond donors (Lipinski definition) is 1. The van der Waals surface area contributed by atoms with Crippen LogP contribution in [0.5, 0.6) is 5.06 Å². The van der Waals surface area contributed by atoms with E-state index >= 15 is 0 Å². The average Bonchev–Trinajstić information content (AvgIpc) is 3.70. The second-order valence-electron chi connectivity index (χ2n) is 12.5. The number of methoxy groups -OCH3 is 1. The van der Waals surface area contributed by atoms with E-state index in [4.69, 9.17) is 27.9 Å². The summed E-state index contributed by atoms with van der Waals surface area (Å²) >= 11 is 13.5. The lowest BCUT2D eigenvalue weighted by Crippen LogP contribution is -2.59. The van der Waals surface area contributed by atoms with Crippen LogP contribution in [-0.4, -0.2) is 52.7 Å². The van der Waals surface area contributed by atoms with Gasteiger partial charge in [-0.05, 0) is 52.3 Å². The summed E-state index contributed by atoms with van der Waals surface area (Å²) in [7, 11) is 1.53. The van der Waals surface area contributed by atoms with Gasteiger partial charge in [-0.2, -0.15) is 0 Å². The van der Waals surface area contributed by atoms with E-state index in [9.17, 15) is 14.4 Å². The second kappa shape index (κ2) is 12.0. The Balaban J connectivity index is 1.12. The highest BCUT2D eigenvalue weighted by Crippen LogP contribution is 2.44. The van der Waals surface area contributed by atoms with Crippen LogP contribution in [0, 0.1) is 5.92 Å². The van der Waals surface area contributed by atoms with Gasteiger partial charge in [0.2, 0.25) is 11.0 Å².